The molecule has 1 aliphatic heterocycles. The van der Waals surface area contributed by atoms with Gasteiger partial charge in [0.05, 0.1) is 6.10 Å². The molecule has 2 aliphatic rings. The third-order valence-corrected chi connectivity index (χ3v) is 4.47. The van der Waals surface area contributed by atoms with Gasteiger partial charge in [-0.3, -0.25) is 0 Å². The van der Waals surface area contributed by atoms with Crippen LogP contribution in [0.5, 0.6) is 0 Å². The van der Waals surface area contributed by atoms with Crippen molar-refractivity contribution in [3.63, 3.8) is 0 Å². The van der Waals surface area contributed by atoms with Crippen LogP contribution in [0.1, 0.15) is 38.5 Å². The van der Waals surface area contributed by atoms with Gasteiger partial charge < -0.3 is 15.3 Å². The zero-order valence-electron chi connectivity index (χ0n) is 12.1. The molecule has 6 nitrogen and oxygen atoms in total. The number of halogens is 1. The molecule has 1 saturated carbocycles. The number of hydrogen-bond acceptors (Lipinski definition) is 6. The lowest BCUT2D eigenvalue weighted by Gasteiger charge is -2.26. The normalized spacial score (nSPS) is 26.1. The fourth-order valence-corrected chi connectivity index (χ4v) is 3.28. The number of nitrogens with one attached hydrogen (secondary N) is 1. The summed E-state index contributed by atoms with van der Waals surface area (Å²) in [5, 5.41) is 13.0. The van der Waals surface area contributed by atoms with Crippen molar-refractivity contribution >= 4 is 23.5 Å². The first-order valence-electron chi connectivity index (χ1n) is 7.79. The Kier molecular flexibility index (Phi) is 4.75. The van der Waals surface area contributed by atoms with Gasteiger partial charge in [-0.15, -0.1) is 0 Å². The van der Waals surface area contributed by atoms with Gasteiger partial charge >= 0.3 is 0 Å². The molecule has 1 saturated heterocycles. The quantitative estimate of drug-likeness (QED) is 0.887. The molecule has 0 bridgehead atoms. The predicted molar refractivity (Wildman–Crippen MR) is 82.7 cm³/mol. The first kappa shape index (κ1) is 14.8. The molecule has 21 heavy (non-hydrogen) atoms. The highest BCUT2D eigenvalue weighted by Gasteiger charge is 2.23. The second-order valence-corrected chi connectivity index (χ2v) is 6.33. The number of anilines is 2. The summed E-state index contributed by atoms with van der Waals surface area (Å²) in [5.74, 6) is 1.69. The Bertz CT molecular complexity index is 480. The molecule has 116 valence electrons. The summed E-state index contributed by atoms with van der Waals surface area (Å²) in [4.78, 5) is 15.0. The molecule has 2 fully saturated rings. The number of nitrogens with zero attached hydrogens (tertiary/aromatic N) is 4. The van der Waals surface area contributed by atoms with Crippen LogP contribution in [0.3, 0.4) is 0 Å². The van der Waals surface area contributed by atoms with Crippen LogP contribution in [-0.2, 0) is 0 Å². The van der Waals surface area contributed by atoms with Gasteiger partial charge in [-0.05, 0) is 56.0 Å². The Morgan fingerprint density at radius 2 is 1.95 bits per heavy atom. The molecule has 3 rings (SSSR count). The van der Waals surface area contributed by atoms with E-state index in [-0.39, 0.29) is 11.4 Å². The zero-order valence-corrected chi connectivity index (χ0v) is 12.9. The van der Waals surface area contributed by atoms with Crippen LogP contribution in [-0.4, -0.2) is 45.8 Å². The molecule has 1 aromatic heterocycles. The second-order valence-electron chi connectivity index (χ2n) is 5.99. The van der Waals surface area contributed by atoms with Gasteiger partial charge in [0, 0.05) is 19.6 Å². The Morgan fingerprint density at radius 1 is 1.14 bits per heavy atom. The zero-order chi connectivity index (χ0) is 14.7. The largest absolute Gasteiger partial charge is 0.393 e. The Labute approximate surface area is 130 Å². The van der Waals surface area contributed by atoms with E-state index in [1.807, 2.05) is 0 Å². The summed E-state index contributed by atoms with van der Waals surface area (Å²) in [6.07, 6.45) is 6.26. The maximum Gasteiger partial charge on any atom is 0.231 e. The highest BCUT2D eigenvalue weighted by molar-refractivity contribution is 6.28. The minimum atomic E-state index is -0.150. The average Bonchev–Trinajstić information content (AvgIpc) is 2.91. The van der Waals surface area contributed by atoms with Gasteiger partial charge in [-0.1, -0.05) is 0 Å². The lowest BCUT2D eigenvalue weighted by molar-refractivity contribution is 0.178. The molecule has 2 atom stereocenters. The van der Waals surface area contributed by atoms with Crippen molar-refractivity contribution in [1.82, 2.24) is 15.0 Å². The van der Waals surface area contributed by atoms with Crippen molar-refractivity contribution in [3.8, 4) is 0 Å². The molecule has 7 heteroatoms. The van der Waals surface area contributed by atoms with E-state index in [1.165, 1.54) is 19.3 Å². The molecular weight excluding hydrogens is 290 g/mol. The minimum Gasteiger partial charge on any atom is -0.393 e. The summed E-state index contributed by atoms with van der Waals surface area (Å²) in [7, 11) is 0. The van der Waals surface area contributed by atoms with Crippen LogP contribution < -0.4 is 10.2 Å². The van der Waals surface area contributed by atoms with Crippen molar-refractivity contribution in [1.29, 1.82) is 0 Å². The standard InChI is InChI=1S/C14H22ClN5O/c15-12-17-13(16-9-10-4-5-11(21)8-10)19-14(18-12)20-6-2-1-3-7-20/h10-11,21H,1-9H2,(H,16,17,18,19). The molecule has 0 amide bonds. The lowest BCUT2D eigenvalue weighted by atomic mass is 10.1. The van der Waals surface area contributed by atoms with E-state index in [0.717, 1.165) is 38.9 Å². The molecular formula is C14H22ClN5O. The van der Waals surface area contributed by atoms with Gasteiger partial charge in [0.2, 0.25) is 17.2 Å². The van der Waals surface area contributed by atoms with Crippen molar-refractivity contribution in [3.05, 3.63) is 5.28 Å². The van der Waals surface area contributed by atoms with Crippen molar-refractivity contribution in [2.75, 3.05) is 29.9 Å². The summed E-state index contributed by atoms with van der Waals surface area (Å²) in [6, 6.07) is 0. The maximum atomic E-state index is 9.56. The fourth-order valence-electron chi connectivity index (χ4n) is 3.12. The predicted octanol–water partition coefficient (Wildman–Crippen LogP) is 2.09. The van der Waals surface area contributed by atoms with E-state index >= 15 is 0 Å². The highest BCUT2D eigenvalue weighted by Crippen LogP contribution is 2.25. The Hall–Kier alpha value is -1.14. The first-order valence-corrected chi connectivity index (χ1v) is 8.17. The van der Waals surface area contributed by atoms with E-state index in [0.29, 0.717) is 17.8 Å². The van der Waals surface area contributed by atoms with E-state index in [4.69, 9.17) is 11.6 Å². The van der Waals surface area contributed by atoms with Crippen LogP contribution in [0.4, 0.5) is 11.9 Å². The first-order chi connectivity index (χ1) is 10.2. The molecule has 0 radical (unpaired) electrons. The number of rotatable bonds is 4. The van der Waals surface area contributed by atoms with Crippen LogP contribution in [0.15, 0.2) is 0 Å². The topological polar surface area (TPSA) is 74.2 Å². The third kappa shape index (κ3) is 3.95. The van der Waals surface area contributed by atoms with Crippen molar-refractivity contribution in [2.24, 2.45) is 5.92 Å². The minimum absolute atomic E-state index is 0.150. The van der Waals surface area contributed by atoms with Crippen LogP contribution in [0.25, 0.3) is 0 Å². The molecule has 1 aromatic rings. The van der Waals surface area contributed by atoms with Gasteiger partial charge in [-0.2, -0.15) is 15.0 Å². The number of aliphatic hydroxyl groups is 1. The molecule has 2 unspecified atom stereocenters. The van der Waals surface area contributed by atoms with Crippen LogP contribution in [0, 0.1) is 5.92 Å². The van der Waals surface area contributed by atoms with Crippen LogP contribution in [0.2, 0.25) is 5.28 Å². The number of aromatic nitrogens is 3. The smallest absolute Gasteiger partial charge is 0.231 e. The van der Waals surface area contributed by atoms with E-state index in [1.54, 1.807) is 0 Å². The maximum absolute atomic E-state index is 9.56. The highest BCUT2D eigenvalue weighted by atomic mass is 35.5. The number of aliphatic hydroxyl groups excluding tert-OH is 1. The molecule has 1 aliphatic carbocycles. The van der Waals surface area contributed by atoms with Gasteiger partial charge in [0.25, 0.3) is 0 Å². The lowest BCUT2D eigenvalue weighted by Crippen LogP contribution is -2.31. The average molecular weight is 312 g/mol. The monoisotopic (exact) mass is 311 g/mol. The third-order valence-electron chi connectivity index (χ3n) is 4.30. The molecule has 0 spiro atoms. The SMILES string of the molecule is OC1CCC(CNc2nc(Cl)nc(N3CCCCC3)n2)C1. The number of piperidine rings is 1. The van der Waals surface area contributed by atoms with E-state index < -0.39 is 0 Å². The molecule has 2 heterocycles. The van der Waals surface area contributed by atoms with Gasteiger partial charge in [-0.25, -0.2) is 0 Å². The molecule has 2 N–H and O–H groups in total. The second kappa shape index (κ2) is 6.75. The Balaban J connectivity index is 1.63. The van der Waals surface area contributed by atoms with Crippen molar-refractivity contribution < 1.29 is 5.11 Å². The summed E-state index contributed by atoms with van der Waals surface area (Å²) in [5.41, 5.74) is 0. The summed E-state index contributed by atoms with van der Waals surface area (Å²) in [6.45, 7) is 2.74. The summed E-state index contributed by atoms with van der Waals surface area (Å²) < 4.78 is 0. The van der Waals surface area contributed by atoms with Crippen LogP contribution >= 0.6 is 11.6 Å². The molecule has 0 aromatic carbocycles. The van der Waals surface area contributed by atoms with Crippen molar-refractivity contribution in [2.45, 2.75) is 44.6 Å². The van der Waals surface area contributed by atoms with Gasteiger partial charge in [0.1, 0.15) is 0 Å². The number of hydrogen-bond donors (Lipinski definition) is 2. The van der Waals surface area contributed by atoms with E-state index in [9.17, 15) is 5.11 Å². The fraction of sp³-hybridized carbons (Fsp3) is 0.786. The van der Waals surface area contributed by atoms with Gasteiger partial charge in [0.15, 0.2) is 0 Å². The van der Waals surface area contributed by atoms with E-state index in [2.05, 4.69) is 25.2 Å². The summed E-state index contributed by atoms with van der Waals surface area (Å²) >= 11 is 6.02. The Morgan fingerprint density at radius 3 is 2.67 bits per heavy atom.